The van der Waals surface area contributed by atoms with Crippen molar-refractivity contribution in [1.82, 2.24) is 4.90 Å². The average Bonchev–Trinajstić information content (AvgIpc) is 2.98. The first-order valence-corrected chi connectivity index (χ1v) is 7.96. The second kappa shape index (κ2) is 7.20. The highest BCUT2D eigenvalue weighted by molar-refractivity contribution is 5.92. The molecule has 0 saturated heterocycles. The van der Waals surface area contributed by atoms with Gasteiger partial charge in [-0.3, -0.25) is 4.79 Å². The lowest BCUT2D eigenvalue weighted by Crippen LogP contribution is -2.42. The van der Waals surface area contributed by atoms with Crippen LogP contribution >= 0.6 is 0 Å². The van der Waals surface area contributed by atoms with E-state index in [0.29, 0.717) is 5.56 Å². The summed E-state index contributed by atoms with van der Waals surface area (Å²) in [7, 11) is 0. The summed E-state index contributed by atoms with van der Waals surface area (Å²) >= 11 is 0. The minimum Gasteiger partial charge on any atom is -0.334 e. The fraction of sp³-hybridized carbons (Fsp3) is 0.500. The van der Waals surface area contributed by atoms with Gasteiger partial charge in [0.15, 0.2) is 0 Å². The van der Waals surface area contributed by atoms with E-state index < -0.39 is 11.7 Å². The third kappa shape index (κ3) is 4.60. The second-order valence-electron chi connectivity index (χ2n) is 6.23. The van der Waals surface area contributed by atoms with Crippen LogP contribution in [0.15, 0.2) is 30.3 Å². The van der Waals surface area contributed by atoms with Gasteiger partial charge in [-0.25, -0.2) is 0 Å². The summed E-state index contributed by atoms with van der Waals surface area (Å²) in [4.78, 5) is 14.3. The van der Waals surface area contributed by atoms with E-state index in [0.717, 1.165) is 37.8 Å². The van der Waals surface area contributed by atoms with Gasteiger partial charge in [-0.1, -0.05) is 25.0 Å². The topological polar surface area (TPSA) is 20.3 Å². The number of hydrogen-bond donors (Lipinski definition) is 0. The molecule has 1 aromatic carbocycles. The van der Waals surface area contributed by atoms with Crippen molar-refractivity contribution in [2.24, 2.45) is 0 Å². The van der Waals surface area contributed by atoms with Crippen molar-refractivity contribution in [2.45, 2.75) is 57.8 Å². The van der Waals surface area contributed by atoms with Crippen molar-refractivity contribution < 1.29 is 18.0 Å². The van der Waals surface area contributed by atoms with Gasteiger partial charge in [-0.05, 0) is 50.5 Å². The molecule has 1 saturated carbocycles. The first-order chi connectivity index (χ1) is 10.8. The standard InChI is InChI=1S/C18H22F3NO/c1-13(2)22(16-8-3-4-9-16)17(23)11-10-14-6-5-7-15(12-14)18(19,20)21/h5-7,10-13,16H,3-4,8-9H2,1-2H3/b11-10+. The zero-order chi connectivity index (χ0) is 17.0. The number of alkyl halides is 3. The average molecular weight is 325 g/mol. The molecule has 0 aliphatic heterocycles. The molecule has 1 aliphatic carbocycles. The zero-order valence-electron chi connectivity index (χ0n) is 13.4. The van der Waals surface area contributed by atoms with Gasteiger partial charge in [0.1, 0.15) is 0 Å². The molecule has 5 heteroatoms. The summed E-state index contributed by atoms with van der Waals surface area (Å²) in [6.45, 7) is 3.93. The SMILES string of the molecule is CC(C)N(C(=O)/C=C/c1cccc(C(F)(F)F)c1)C1CCCC1. The van der Waals surface area contributed by atoms with Gasteiger partial charge in [-0.2, -0.15) is 13.2 Å². The molecule has 0 atom stereocenters. The third-order valence-corrected chi connectivity index (χ3v) is 4.16. The Morgan fingerprint density at radius 1 is 1.26 bits per heavy atom. The maximum Gasteiger partial charge on any atom is 0.416 e. The number of benzene rings is 1. The van der Waals surface area contributed by atoms with Crippen LogP contribution in [0.5, 0.6) is 0 Å². The first-order valence-electron chi connectivity index (χ1n) is 7.96. The molecule has 0 bridgehead atoms. The molecule has 1 fully saturated rings. The summed E-state index contributed by atoms with van der Waals surface area (Å²) in [5.74, 6) is -0.135. The number of halogens is 3. The number of nitrogens with zero attached hydrogens (tertiary/aromatic N) is 1. The van der Waals surface area contributed by atoms with E-state index in [1.54, 1.807) is 6.07 Å². The molecular formula is C18H22F3NO. The molecule has 23 heavy (non-hydrogen) atoms. The Morgan fingerprint density at radius 3 is 2.48 bits per heavy atom. The fourth-order valence-corrected chi connectivity index (χ4v) is 3.11. The molecule has 0 unspecified atom stereocenters. The zero-order valence-corrected chi connectivity index (χ0v) is 13.4. The van der Waals surface area contributed by atoms with Gasteiger partial charge >= 0.3 is 6.18 Å². The fourth-order valence-electron chi connectivity index (χ4n) is 3.11. The van der Waals surface area contributed by atoms with Crippen molar-refractivity contribution in [3.63, 3.8) is 0 Å². The van der Waals surface area contributed by atoms with Crippen LogP contribution in [0.2, 0.25) is 0 Å². The van der Waals surface area contributed by atoms with E-state index in [-0.39, 0.29) is 18.0 Å². The van der Waals surface area contributed by atoms with Gasteiger partial charge in [0.25, 0.3) is 0 Å². The van der Waals surface area contributed by atoms with Crippen LogP contribution in [-0.2, 0) is 11.0 Å². The molecule has 0 aromatic heterocycles. The Kier molecular flexibility index (Phi) is 5.50. The van der Waals surface area contributed by atoms with Crippen molar-refractivity contribution in [1.29, 1.82) is 0 Å². The summed E-state index contributed by atoms with van der Waals surface area (Å²) < 4.78 is 38.1. The molecule has 1 aliphatic rings. The van der Waals surface area contributed by atoms with Crippen molar-refractivity contribution in [3.8, 4) is 0 Å². The van der Waals surface area contributed by atoms with Crippen LogP contribution in [0.25, 0.3) is 6.08 Å². The van der Waals surface area contributed by atoms with E-state index in [4.69, 9.17) is 0 Å². The number of amides is 1. The highest BCUT2D eigenvalue weighted by Gasteiger charge is 2.30. The first kappa shape index (κ1) is 17.6. The van der Waals surface area contributed by atoms with Crippen LogP contribution in [0.1, 0.15) is 50.7 Å². The van der Waals surface area contributed by atoms with Crippen molar-refractivity contribution in [3.05, 3.63) is 41.5 Å². The van der Waals surface area contributed by atoms with E-state index in [1.165, 1.54) is 18.2 Å². The molecule has 0 spiro atoms. The molecular weight excluding hydrogens is 303 g/mol. The third-order valence-electron chi connectivity index (χ3n) is 4.16. The quantitative estimate of drug-likeness (QED) is 0.721. The molecule has 1 aromatic rings. The molecule has 0 N–H and O–H groups in total. The molecule has 2 rings (SSSR count). The minimum absolute atomic E-state index is 0.0803. The molecule has 0 heterocycles. The maximum atomic E-state index is 12.7. The largest absolute Gasteiger partial charge is 0.416 e. The Morgan fingerprint density at radius 2 is 1.91 bits per heavy atom. The van der Waals surface area contributed by atoms with Crippen LogP contribution < -0.4 is 0 Å². The number of rotatable bonds is 4. The number of carbonyl (C=O) groups excluding carboxylic acids is 1. The van der Waals surface area contributed by atoms with Gasteiger partial charge in [0.2, 0.25) is 5.91 Å². The predicted molar refractivity (Wildman–Crippen MR) is 84.7 cm³/mol. The monoisotopic (exact) mass is 325 g/mol. The Labute approximate surface area is 135 Å². The minimum atomic E-state index is -4.37. The van der Waals surface area contributed by atoms with Crippen molar-refractivity contribution >= 4 is 12.0 Å². The lowest BCUT2D eigenvalue weighted by Gasteiger charge is -2.31. The number of carbonyl (C=O) groups is 1. The van der Waals surface area contributed by atoms with Gasteiger partial charge in [0.05, 0.1) is 5.56 Å². The molecule has 1 amide bonds. The summed E-state index contributed by atoms with van der Waals surface area (Å²) in [6, 6.07) is 5.32. The predicted octanol–water partition coefficient (Wildman–Crippen LogP) is 4.90. The molecule has 2 nitrogen and oxygen atoms in total. The highest BCUT2D eigenvalue weighted by atomic mass is 19.4. The van der Waals surface area contributed by atoms with Crippen LogP contribution in [-0.4, -0.2) is 22.9 Å². The summed E-state index contributed by atoms with van der Waals surface area (Å²) in [6.07, 6.45) is 2.72. The van der Waals surface area contributed by atoms with Crippen LogP contribution in [0.4, 0.5) is 13.2 Å². The van der Waals surface area contributed by atoms with E-state index >= 15 is 0 Å². The second-order valence-corrected chi connectivity index (χ2v) is 6.23. The molecule has 0 radical (unpaired) electrons. The maximum absolute atomic E-state index is 12.7. The van der Waals surface area contributed by atoms with Gasteiger partial charge < -0.3 is 4.90 Å². The van der Waals surface area contributed by atoms with E-state index in [9.17, 15) is 18.0 Å². The summed E-state index contributed by atoms with van der Waals surface area (Å²) in [5.41, 5.74) is -0.327. The van der Waals surface area contributed by atoms with Gasteiger partial charge in [-0.15, -0.1) is 0 Å². The highest BCUT2D eigenvalue weighted by Crippen LogP contribution is 2.30. The van der Waals surface area contributed by atoms with Gasteiger partial charge in [0, 0.05) is 18.2 Å². The Hall–Kier alpha value is -1.78. The number of hydrogen-bond acceptors (Lipinski definition) is 1. The lowest BCUT2D eigenvalue weighted by atomic mass is 10.1. The Bertz CT molecular complexity index is 572. The van der Waals surface area contributed by atoms with Crippen LogP contribution in [0.3, 0.4) is 0 Å². The Balaban J connectivity index is 2.13. The van der Waals surface area contributed by atoms with Crippen molar-refractivity contribution in [2.75, 3.05) is 0 Å². The van der Waals surface area contributed by atoms with E-state index in [2.05, 4.69) is 0 Å². The van der Waals surface area contributed by atoms with E-state index in [1.807, 2.05) is 18.7 Å². The normalized spacial score (nSPS) is 16.4. The molecule has 126 valence electrons. The summed E-state index contributed by atoms with van der Waals surface area (Å²) in [5, 5.41) is 0. The lowest BCUT2D eigenvalue weighted by molar-refractivity contribution is -0.137. The van der Waals surface area contributed by atoms with Crippen LogP contribution in [0, 0.1) is 0 Å². The smallest absolute Gasteiger partial charge is 0.334 e.